The minimum Gasteiger partial charge on any atom is -0.472 e. The zero-order valence-electron chi connectivity index (χ0n) is 11.5. The van der Waals surface area contributed by atoms with Gasteiger partial charge in [0.1, 0.15) is 0 Å². The second-order valence-electron chi connectivity index (χ2n) is 4.67. The Bertz CT molecular complexity index is 729. The Hall–Kier alpha value is -2.89. The number of furan rings is 1. The van der Waals surface area contributed by atoms with Gasteiger partial charge in [-0.1, -0.05) is 29.5 Å². The molecule has 1 N–H and O–H groups in total. The Balaban J connectivity index is 1.62. The molecule has 2 heterocycles. The summed E-state index contributed by atoms with van der Waals surface area (Å²) in [4.78, 5) is 11.8. The molecule has 0 saturated heterocycles. The van der Waals surface area contributed by atoms with Gasteiger partial charge in [0.25, 0.3) is 5.91 Å². The Morgan fingerprint density at radius 3 is 2.67 bits per heavy atom. The molecule has 0 aliphatic heterocycles. The van der Waals surface area contributed by atoms with Crippen LogP contribution in [-0.4, -0.2) is 20.9 Å². The standard InChI is InChI=1S/C15H14N4O2/c1-19-9-14(17-18-19)15(20)16-8-11-2-4-12(5-3-11)13-6-7-21-10-13/h2-7,9-10H,8H2,1H3,(H,16,20). The number of amides is 1. The molecular formula is C15H14N4O2. The van der Waals surface area contributed by atoms with E-state index < -0.39 is 0 Å². The lowest BCUT2D eigenvalue weighted by Gasteiger charge is -2.04. The van der Waals surface area contributed by atoms with Crippen molar-refractivity contribution >= 4 is 5.91 Å². The van der Waals surface area contributed by atoms with Crippen molar-refractivity contribution in [1.82, 2.24) is 20.3 Å². The van der Waals surface area contributed by atoms with Gasteiger partial charge < -0.3 is 9.73 Å². The highest BCUT2D eigenvalue weighted by Crippen LogP contribution is 2.19. The van der Waals surface area contributed by atoms with Crippen LogP contribution in [0.1, 0.15) is 16.1 Å². The summed E-state index contributed by atoms with van der Waals surface area (Å²) in [5, 5.41) is 10.3. The molecule has 0 saturated carbocycles. The highest BCUT2D eigenvalue weighted by Gasteiger charge is 2.09. The van der Waals surface area contributed by atoms with E-state index in [4.69, 9.17) is 4.42 Å². The number of nitrogens with zero attached hydrogens (tertiary/aromatic N) is 3. The average Bonchev–Trinajstić information content (AvgIpc) is 3.16. The first-order valence-electron chi connectivity index (χ1n) is 6.48. The summed E-state index contributed by atoms with van der Waals surface area (Å²) >= 11 is 0. The van der Waals surface area contributed by atoms with Crippen LogP contribution >= 0.6 is 0 Å². The van der Waals surface area contributed by atoms with Crippen molar-refractivity contribution < 1.29 is 9.21 Å². The number of carbonyl (C=O) groups excluding carboxylic acids is 1. The third-order valence-electron chi connectivity index (χ3n) is 3.10. The van der Waals surface area contributed by atoms with Gasteiger partial charge >= 0.3 is 0 Å². The highest BCUT2D eigenvalue weighted by atomic mass is 16.3. The molecule has 6 heteroatoms. The first-order chi connectivity index (χ1) is 10.2. The van der Waals surface area contributed by atoms with E-state index in [0.29, 0.717) is 12.2 Å². The predicted molar refractivity (Wildman–Crippen MR) is 76.3 cm³/mol. The quantitative estimate of drug-likeness (QED) is 0.794. The Labute approximate surface area is 121 Å². The van der Waals surface area contributed by atoms with E-state index >= 15 is 0 Å². The number of aryl methyl sites for hydroxylation is 1. The van der Waals surface area contributed by atoms with Gasteiger partial charge in [-0.15, -0.1) is 5.10 Å². The molecule has 0 atom stereocenters. The van der Waals surface area contributed by atoms with E-state index in [1.807, 2.05) is 30.3 Å². The third-order valence-corrected chi connectivity index (χ3v) is 3.10. The van der Waals surface area contributed by atoms with E-state index in [2.05, 4.69) is 15.6 Å². The van der Waals surface area contributed by atoms with Crippen LogP contribution in [-0.2, 0) is 13.6 Å². The molecule has 0 spiro atoms. The summed E-state index contributed by atoms with van der Waals surface area (Å²) < 4.78 is 6.55. The largest absolute Gasteiger partial charge is 0.472 e. The number of rotatable bonds is 4. The summed E-state index contributed by atoms with van der Waals surface area (Å²) in [6.45, 7) is 0.446. The number of hydrogen-bond donors (Lipinski definition) is 1. The van der Waals surface area contributed by atoms with Crippen molar-refractivity contribution in [3.63, 3.8) is 0 Å². The Kier molecular flexibility index (Phi) is 3.51. The van der Waals surface area contributed by atoms with Crippen molar-refractivity contribution in [1.29, 1.82) is 0 Å². The van der Waals surface area contributed by atoms with Crippen LogP contribution < -0.4 is 5.32 Å². The zero-order valence-corrected chi connectivity index (χ0v) is 11.5. The van der Waals surface area contributed by atoms with Crippen LogP contribution in [0.4, 0.5) is 0 Å². The summed E-state index contributed by atoms with van der Waals surface area (Å²) in [7, 11) is 1.72. The van der Waals surface area contributed by atoms with Gasteiger partial charge in [-0.2, -0.15) is 0 Å². The van der Waals surface area contributed by atoms with Gasteiger partial charge in [0, 0.05) is 19.2 Å². The van der Waals surface area contributed by atoms with E-state index in [0.717, 1.165) is 16.7 Å². The molecular weight excluding hydrogens is 268 g/mol. The molecule has 0 fully saturated rings. The maximum atomic E-state index is 11.8. The van der Waals surface area contributed by atoms with Crippen LogP contribution in [0.25, 0.3) is 11.1 Å². The van der Waals surface area contributed by atoms with E-state index in [9.17, 15) is 4.79 Å². The van der Waals surface area contributed by atoms with Crippen LogP contribution in [0, 0.1) is 0 Å². The number of carbonyl (C=O) groups is 1. The fourth-order valence-electron chi connectivity index (χ4n) is 1.97. The molecule has 3 rings (SSSR count). The van der Waals surface area contributed by atoms with Gasteiger partial charge in [0.15, 0.2) is 5.69 Å². The van der Waals surface area contributed by atoms with Crippen molar-refractivity contribution in [2.24, 2.45) is 7.05 Å². The SMILES string of the molecule is Cn1cc(C(=O)NCc2ccc(-c3ccoc3)cc2)nn1. The van der Waals surface area contributed by atoms with Crippen LogP contribution in [0.2, 0.25) is 0 Å². The van der Waals surface area contributed by atoms with Gasteiger partial charge in [0.05, 0.1) is 18.7 Å². The van der Waals surface area contributed by atoms with Gasteiger partial charge in [0.2, 0.25) is 0 Å². The molecule has 2 aromatic heterocycles. The van der Waals surface area contributed by atoms with Gasteiger partial charge in [-0.05, 0) is 17.2 Å². The molecule has 0 unspecified atom stereocenters. The van der Waals surface area contributed by atoms with E-state index in [-0.39, 0.29) is 5.91 Å². The fraction of sp³-hybridized carbons (Fsp3) is 0.133. The second-order valence-corrected chi connectivity index (χ2v) is 4.67. The minimum atomic E-state index is -0.234. The van der Waals surface area contributed by atoms with Crippen LogP contribution in [0.5, 0.6) is 0 Å². The lowest BCUT2D eigenvalue weighted by atomic mass is 10.1. The molecule has 1 aromatic carbocycles. The van der Waals surface area contributed by atoms with Crippen LogP contribution in [0.3, 0.4) is 0 Å². The minimum absolute atomic E-state index is 0.234. The number of nitrogens with one attached hydrogen (secondary N) is 1. The number of hydrogen-bond acceptors (Lipinski definition) is 4. The smallest absolute Gasteiger partial charge is 0.273 e. The molecule has 0 aliphatic rings. The van der Waals surface area contributed by atoms with Crippen molar-refractivity contribution in [3.05, 3.63) is 60.3 Å². The van der Waals surface area contributed by atoms with Crippen molar-refractivity contribution in [2.75, 3.05) is 0 Å². The third kappa shape index (κ3) is 3.00. The monoisotopic (exact) mass is 282 g/mol. The van der Waals surface area contributed by atoms with Gasteiger partial charge in [-0.3, -0.25) is 9.48 Å². The van der Waals surface area contributed by atoms with Gasteiger partial charge in [-0.25, -0.2) is 0 Å². The first kappa shape index (κ1) is 13.1. The molecule has 0 aliphatic carbocycles. The highest BCUT2D eigenvalue weighted by molar-refractivity contribution is 5.91. The summed E-state index contributed by atoms with van der Waals surface area (Å²) in [5.74, 6) is -0.234. The first-order valence-corrected chi connectivity index (χ1v) is 6.48. The fourth-order valence-corrected chi connectivity index (χ4v) is 1.97. The molecule has 21 heavy (non-hydrogen) atoms. The molecule has 6 nitrogen and oxygen atoms in total. The molecule has 1 amide bonds. The zero-order chi connectivity index (χ0) is 14.7. The maximum Gasteiger partial charge on any atom is 0.273 e. The normalized spacial score (nSPS) is 10.5. The van der Waals surface area contributed by atoms with E-state index in [1.165, 1.54) is 4.68 Å². The molecule has 0 bridgehead atoms. The van der Waals surface area contributed by atoms with Crippen molar-refractivity contribution in [2.45, 2.75) is 6.54 Å². The van der Waals surface area contributed by atoms with Crippen molar-refractivity contribution in [3.8, 4) is 11.1 Å². The predicted octanol–water partition coefficient (Wildman–Crippen LogP) is 2.01. The van der Waals surface area contributed by atoms with E-state index in [1.54, 1.807) is 25.8 Å². The molecule has 3 aromatic rings. The Morgan fingerprint density at radius 1 is 1.24 bits per heavy atom. The maximum absolute atomic E-state index is 11.8. The molecule has 0 radical (unpaired) electrons. The number of benzene rings is 1. The van der Waals surface area contributed by atoms with Crippen LogP contribution in [0.15, 0.2) is 53.5 Å². The Morgan fingerprint density at radius 2 is 2.05 bits per heavy atom. The summed E-state index contributed by atoms with van der Waals surface area (Å²) in [6.07, 6.45) is 4.92. The summed E-state index contributed by atoms with van der Waals surface area (Å²) in [6, 6.07) is 9.84. The number of aromatic nitrogens is 3. The average molecular weight is 282 g/mol. The lowest BCUT2D eigenvalue weighted by molar-refractivity contribution is 0.0946. The second kappa shape index (κ2) is 5.62. The molecule has 106 valence electrons. The summed E-state index contributed by atoms with van der Waals surface area (Å²) in [5.41, 5.74) is 3.44. The lowest BCUT2D eigenvalue weighted by Crippen LogP contribution is -2.23. The topological polar surface area (TPSA) is 73.0 Å².